The van der Waals surface area contributed by atoms with E-state index < -0.39 is 78.0 Å². The van der Waals surface area contributed by atoms with Gasteiger partial charge in [0.25, 0.3) is 0 Å². The molecular weight excluding hydrogens is 1040 g/mol. The molecule has 0 radical (unpaired) electrons. The summed E-state index contributed by atoms with van der Waals surface area (Å²) in [6, 6.07) is 9.38. The molecule has 3 rings (SSSR count). The van der Waals surface area contributed by atoms with Gasteiger partial charge in [-0.25, -0.2) is 9.59 Å². The topological polar surface area (TPSA) is 350 Å². The van der Waals surface area contributed by atoms with Crippen molar-refractivity contribution in [2.45, 2.75) is 168 Å². The molecule has 8 atom stereocenters. The number of aldehydes is 1. The number of carboxylic acid groups (broad SMARTS) is 1. The quantitative estimate of drug-likeness (QED) is 0.0292. The fraction of sp³-hybridized carbons (Fsp3) is 0.589. The van der Waals surface area contributed by atoms with Gasteiger partial charge >= 0.3 is 12.1 Å². The van der Waals surface area contributed by atoms with E-state index in [0.717, 1.165) is 17.7 Å². The van der Waals surface area contributed by atoms with Gasteiger partial charge in [0.15, 0.2) is 6.10 Å². The zero-order valence-electron chi connectivity index (χ0n) is 47.6. The molecular formula is C56H84N8O16. The maximum atomic E-state index is 13.5. The number of unbranched alkanes of at least 4 members (excludes halogenated alkanes) is 2. The number of benzene rings is 2. The molecule has 24 heteroatoms. The van der Waals surface area contributed by atoms with Crippen molar-refractivity contribution in [2.75, 3.05) is 39.0 Å². The van der Waals surface area contributed by atoms with Crippen molar-refractivity contribution in [1.29, 1.82) is 0 Å². The third kappa shape index (κ3) is 21.9. The average Bonchev–Trinajstić information content (AvgIpc) is 3.39. The number of allylic oxidation sites excluding steroid dienone is 1. The Morgan fingerprint density at radius 3 is 2.15 bits per heavy atom. The zero-order chi connectivity index (χ0) is 59.9. The van der Waals surface area contributed by atoms with Crippen LogP contribution in [-0.4, -0.2) is 162 Å². The first-order valence-corrected chi connectivity index (χ1v) is 26.8. The molecule has 24 nitrogen and oxygen atoms in total. The number of carbonyl (C=O) groups excluding carboxylic acids is 8. The van der Waals surface area contributed by atoms with Crippen LogP contribution in [-0.2, 0) is 66.4 Å². The standard InChI is InChI=1S/C56H84N8O16/c1-33(2)20-23-41(66)60-31-39(63-43(68)18-12-11-13-26-64(10)44(69)19-15-27-65)50(73)58-25-24-42(67)59-30-36-28-35(21-22-40(36)79-53-47(72)45(70)46(71)48(80-53)52(75)76)32-78-54(77)62-38-17-14-16-37(29-38)56(7,8)49(57-9)51(74)61-34(3)55(4,5)6/h14-17,19,21-22,27-29,33-34,39,45-49,53,57,70-72H,11-13,18,20,23-26,30-32H2,1-10H3,(H,58,73)(H,59,67)(H,60,66)(H,61,74)(H,62,77)(H,63,68)(H,75,76)/b19-15-. The van der Waals surface area contributed by atoms with Crippen LogP contribution in [0.3, 0.4) is 0 Å². The second kappa shape index (κ2) is 32.3. The molecule has 1 heterocycles. The fourth-order valence-corrected chi connectivity index (χ4v) is 8.13. The van der Waals surface area contributed by atoms with E-state index in [1.807, 2.05) is 61.5 Å². The lowest BCUT2D eigenvalue weighted by molar-refractivity contribution is -0.271. The lowest BCUT2D eigenvalue weighted by atomic mass is 9.76. The number of carbonyl (C=O) groups is 9. The molecule has 8 unspecified atom stereocenters. The van der Waals surface area contributed by atoms with Gasteiger partial charge in [-0.2, -0.15) is 0 Å². The van der Waals surface area contributed by atoms with Crippen molar-refractivity contribution in [2.24, 2.45) is 11.3 Å². The van der Waals surface area contributed by atoms with Gasteiger partial charge in [-0.1, -0.05) is 73.1 Å². The van der Waals surface area contributed by atoms with Gasteiger partial charge in [-0.15, -0.1) is 0 Å². The van der Waals surface area contributed by atoms with Crippen molar-refractivity contribution in [3.05, 3.63) is 71.3 Å². The fourth-order valence-electron chi connectivity index (χ4n) is 8.13. The molecule has 80 heavy (non-hydrogen) atoms. The highest BCUT2D eigenvalue weighted by molar-refractivity contribution is 5.91. The van der Waals surface area contributed by atoms with Gasteiger partial charge in [-0.3, -0.25) is 38.9 Å². The SMILES string of the molecule is CNC(C(=O)NC(C)C(C)(C)C)C(C)(C)c1cccc(NC(=O)OCc2ccc(OC3OC(C(=O)O)C(O)C(O)C3O)c(CNC(=O)CCNC(=O)C(CNC(=O)CCC(C)C)NC(=O)CCCCCN(C)C(=O)/C=C\C=O)c2)c1. The molecule has 0 saturated carbocycles. The Morgan fingerprint density at radius 1 is 0.800 bits per heavy atom. The van der Waals surface area contributed by atoms with Crippen LogP contribution in [0.25, 0.3) is 0 Å². The van der Waals surface area contributed by atoms with Crippen LogP contribution in [0.1, 0.15) is 117 Å². The summed E-state index contributed by atoms with van der Waals surface area (Å²) < 4.78 is 16.7. The number of likely N-dealkylation sites (N-methyl/N-ethyl adjacent to an activating group) is 2. The van der Waals surface area contributed by atoms with E-state index in [-0.39, 0.29) is 91.9 Å². The van der Waals surface area contributed by atoms with Crippen LogP contribution in [0.4, 0.5) is 10.5 Å². The number of anilines is 1. The Bertz CT molecular complexity index is 2460. The van der Waals surface area contributed by atoms with Gasteiger partial charge in [0, 0.05) is 81.3 Å². The molecule has 444 valence electrons. The predicted octanol–water partition coefficient (Wildman–Crippen LogP) is 2.06. The second-order valence-corrected chi connectivity index (χ2v) is 21.9. The molecule has 0 aromatic heterocycles. The van der Waals surface area contributed by atoms with Crippen molar-refractivity contribution in [3.8, 4) is 5.75 Å². The molecule has 1 saturated heterocycles. The van der Waals surface area contributed by atoms with Crippen LogP contribution in [0.15, 0.2) is 54.6 Å². The molecule has 0 aliphatic carbocycles. The summed E-state index contributed by atoms with van der Waals surface area (Å²) in [5.41, 5.74) is 0.791. The third-order valence-electron chi connectivity index (χ3n) is 13.7. The minimum atomic E-state index is -1.99. The number of nitrogens with zero attached hydrogens (tertiary/aromatic N) is 1. The van der Waals surface area contributed by atoms with Crippen LogP contribution in [0.5, 0.6) is 5.75 Å². The van der Waals surface area contributed by atoms with Crippen LogP contribution in [0, 0.1) is 11.3 Å². The second-order valence-electron chi connectivity index (χ2n) is 21.9. The summed E-state index contributed by atoms with van der Waals surface area (Å²) in [6.07, 6.45) is -5.59. The number of aliphatic carboxylic acids is 1. The van der Waals surface area contributed by atoms with Gasteiger partial charge in [0.2, 0.25) is 41.7 Å². The number of hydrogen-bond donors (Lipinski definition) is 11. The van der Waals surface area contributed by atoms with Gasteiger partial charge in [-0.05, 0) is 86.0 Å². The largest absolute Gasteiger partial charge is 0.479 e. The van der Waals surface area contributed by atoms with E-state index in [1.165, 1.54) is 23.1 Å². The molecule has 1 fully saturated rings. The van der Waals surface area contributed by atoms with Gasteiger partial charge < -0.3 is 71.4 Å². The zero-order valence-corrected chi connectivity index (χ0v) is 47.6. The van der Waals surface area contributed by atoms with Gasteiger partial charge in [0.05, 0.1) is 6.04 Å². The highest BCUT2D eigenvalue weighted by atomic mass is 16.7. The summed E-state index contributed by atoms with van der Waals surface area (Å²) in [5.74, 6) is -4.01. The van der Waals surface area contributed by atoms with E-state index in [9.17, 15) is 63.6 Å². The van der Waals surface area contributed by atoms with E-state index >= 15 is 0 Å². The molecule has 1 aliphatic heterocycles. The minimum absolute atomic E-state index is 0.0446. The molecule has 1 aliphatic rings. The smallest absolute Gasteiger partial charge is 0.411 e. The third-order valence-corrected chi connectivity index (χ3v) is 13.7. The maximum Gasteiger partial charge on any atom is 0.411 e. The van der Waals surface area contributed by atoms with E-state index in [4.69, 9.17) is 14.2 Å². The predicted molar refractivity (Wildman–Crippen MR) is 294 cm³/mol. The Labute approximate surface area is 467 Å². The number of amides is 7. The van der Waals surface area contributed by atoms with Crippen LogP contribution in [0.2, 0.25) is 0 Å². The Balaban J connectivity index is 1.73. The monoisotopic (exact) mass is 1120 g/mol. The number of aliphatic hydroxyl groups excluding tert-OH is 3. The van der Waals surface area contributed by atoms with Crippen molar-refractivity contribution in [3.63, 3.8) is 0 Å². The summed E-state index contributed by atoms with van der Waals surface area (Å²) in [5, 5.41) is 60.6. The average molecular weight is 1130 g/mol. The first-order chi connectivity index (χ1) is 37.6. The van der Waals surface area contributed by atoms with Gasteiger partial charge in [0.1, 0.15) is 43.0 Å². The number of rotatable bonds is 31. The lowest BCUT2D eigenvalue weighted by Gasteiger charge is -2.38. The van der Waals surface area contributed by atoms with Crippen LogP contribution >= 0.6 is 0 Å². The molecule has 7 amide bonds. The molecule has 2 aromatic carbocycles. The van der Waals surface area contributed by atoms with Crippen molar-refractivity contribution in [1.82, 2.24) is 36.8 Å². The maximum absolute atomic E-state index is 13.5. The number of hydrogen-bond acceptors (Lipinski definition) is 16. The Hall–Kier alpha value is -6.99. The Kier molecular flexibility index (Phi) is 27.2. The number of aliphatic hydroxyl groups is 3. The first-order valence-electron chi connectivity index (χ1n) is 26.8. The van der Waals surface area contributed by atoms with E-state index in [2.05, 4.69) is 37.2 Å². The van der Waals surface area contributed by atoms with E-state index in [0.29, 0.717) is 49.8 Å². The highest BCUT2D eigenvalue weighted by Gasteiger charge is 2.48. The summed E-state index contributed by atoms with van der Waals surface area (Å²) in [4.78, 5) is 115. The van der Waals surface area contributed by atoms with Crippen LogP contribution < -0.4 is 42.0 Å². The minimum Gasteiger partial charge on any atom is -0.479 e. The normalized spacial score (nSPS) is 18.4. The molecule has 0 bridgehead atoms. The number of nitrogens with one attached hydrogen (secondary N) is 7. The summed E-state index contributed by atoms with van der Waals surface area (Å²) >= 11 is 0. The highest BCUT2D eigenvalue weighted by Crippen LogP contribution is 2.31. The summed E-state index contributed by atoms with van der Waals surface area (Å²) in [7, 11) is 3.29. The summed E-state index contributed by atoms with van der Waals surface area (Å²) in [6.45, 7) is 15.2. The number of ether oxygens (including phenoxy) is 3. The Morgan fingerprint density at radius 2 is 1.50 bits per heavy atom. The first kappa shape index (κ1) is 67.3. The van der Waals surface area contributed by atoms with E-state index in [1.54, 1.807) is 32.3 Å². The molecule has 2 aromatic rings. The lowest BCUT2D eigenvalue weighted by Crippen LogP contribution is -2.61. The number of carboxylic acids is 1. The van der Waals surface area contributed by atoms with Crippen molar-refractivity contribution < 1.29 is 77.8 Å². The molecule has 0 spiro atoms. The van der Waals surface area contributed by atoms with Crippen molar-refractivity contribution >= 4 is 59.5 Å². The molecule has 11 N–H and O–H groups in total.